The fraction of sp³-hybridized carbons (Fsp3) is 0.364. The molecule has 0 amide bonds. The summed E-state index contributed by atoms with van der Waals surface area (Å²) >= 11 is 6.13. The SMILES string of the molecule is O=C(O)[C@H]1C2CCC(CC2)[C@@H]1Nc1nc(-c2n[nH]c3ncc(Cl)cc23)nc(-n2ccnc2)c1F. The van der Waals surface area contributed by atoms with Gasteiger partial charge in [0.15, 0.2) is 23.1 Å². The molecule has 3 fully saturated rings. The molecule has 4 aromatic heterocycles. The number of carboxylic acid groups (broad SMARTS) is 1. The van der Waals surface area contributed by atoms with Crippen molar-refractivity contribution in [2.24, 2.45) is 17.8 Å². The van der Waals surface area contributed by atoms with Crippen LogP contribution in [0.15, 0.2) is 31.0 Å². The van der Waals surface area contributed by atoms with E-state index in [0.29, 0.717) is 21.7 Å². The fourth-order valence-corrected chi connectivity index (χ4v) is 5.57. The molecule has 0 aliphatic heterocycles. The molecule has 4 heterocycles. The minimum Gasteiger partial charge on any atom is -0.481 e. The maximum absolute atomic E-state index is 15.7. The van der Waals surface area contributed by atoms with Crippen LogP contribution >= 0.6 is 11.6 Å². The van der Waals surface area contributed by atoms with Gasteiger partial charge in [-0.05, 0) is 43.6 Å². The average Bonchev–Trinajstić information content (AvgIpc) is 3.51. The summed E-state index contributed by atoms with van der Waals surface area (Å²) in [6.45, 7) is 0. The molecule has 0 radical (unpaired) electrons. The first-order chi connectivity index (χ1) is 16.5. The molecule has 3 saturated carbocycles. The Morgan fingerprint density at radius 3 is 2.76 bits per heavy atom. The molecule has 3 N–H and O–H groups in total. The van der Waals surface area contributed by atoms with Crippen LogP contribution in [-0.2, 0) is 4.79 Å². The minimum absolute atomic E-state index is 0.0241. The highest BCUT2D eigenvalue weighted by Gasteiger charge is 2.47. The van der Waals surface area contributed by atoms with Gasteiger partial charge < -0.3 is 10.4 Å². The van der Waals surface area contributed by atoms with Crippen molar-refractivity contribution in [3.8, 4) is 17.3 Å². The summed E-state index contributed by atoms with van der Waals surface area (Å²) in [5, 5.41) is 21.2. The topological polar surface area (TPSA) is 134 Å². The van der Waals surface area contributed by atoms with Crippen LogP contribution in [0.25, 0.3) is 28.4 Å². The zero-order valence-corrected chi connectivity index (χ0v) is 18.6. The molecular formula is C22H20ClFN8O2. The number of halogens is 2. The van der Waals surface area contributed by atoms with Gasteiger partial charge in [-0.25, -0.2) is 19.9 Å². The van der Waals surface area contributed by atoms with Crippen LogP contribution in [0, 0.1) is 23.6 Å². The van der Waals surface area contributed by atoms with Crippen molar-refractivity contribution in [2.45, 2.75) is 31.7 Å². The number of hydrogen-bond donors (Lipinski definition) is 3. The molecule has 0 saturated heterocycles. The van der Waals surface area contributed by atoms with E-state index in [1.165, 1.54) is 23.3 Å². The molecule has 2 atom stereocenters. The maximum Gasteiger partial charge on any atom is 0.308 e. The molecule has 174 valence electrons. The molecule has 10 nitrogen and oxygen atoms in total. The number of fused-ring (bicyclic) bond motifs is 4. The first-order valence-electron chi connectivity index (χ1n) is 11.0. The summed E-state index contributed by atoms with van der Waals surface area (Å²) in [6.07, 6.45) is 9.59. The van der Waals surface area contributed by atoms with Crippen LogP contribution in [-0.4, -0.2) is 51.8 Å². The van der Waals surface area contributed by atoms with Gasteiger partial charge in [-0.3, -0.25) is 14.5 Å². The lowest BCUT2D eigenvalue weighted by molar-refractivity contribution is -0.148. The van der Waals surface area contributed by atoms with E-state index in [1.807, 2.05) is 0 Å². The van der Waals surface area contributed by atoms with E-state index < -0.39 is 23.7 Å². The molecule has 0 unspecified atom stereocenters. The van der Waals surface area contributed by atoms with Gasteiger partial charge in [-0.2, -0.15) is 9.49 Å². The molecule has 12 heteroatoms. The number of H-pyrrole nitrogens is 1. The van der Waals surface area contributed by atoms with Gasteiger partial charge in [0, 0.05) is 24.6 Å². The van der Waals surface area contributed by atoms with Crippen LogP contribution in [0.4, 0.5) is 10.2 Å². The second-order valence-corrected chi connectivity index (χ2v) is 9.27. The Hall–Kier alpha value is -3.60. The van der Waals surface area contributed by atoms with Crippen LogP contribution in [0.2, 0.25) is 5.02 Å². The number of anilines is 1. The van der Waals surface area contributed by atoms with Gasteiger partial charge in [-0.15, -0.1) is 0 Å². The quantitative estimate of drug-likeness (QED) is 0.392. The molecule has 34 heavy (non-hydrogen) atoms. The second-order valence-electron chi connectivity index (χ2n) is 8.83. The molecule has 0 spiro atoms. The molecule has 0 aromatic carbocycles. The predicted molar refractivity (Wildman–Crippen MR) is 121 cm³/mol. The lowest BCUT2D eigenvalue weighted by Gasteiger charge is -2.47. The number of aromatic nitrogens is 7. The first kappa shape index (κ1) is 21.0. The van der Waals surface area contributed by atoms with Crippen LogP contribution in [0.5, 0.6) is 0 Å². The Morgan fingerprint density at radius 1 is 1.24 bits per heavy atom. The Balaban J connectivity index is 1.49. The molecule has 7 rings (SSSR count). The number of rotatable bonds is 5. The van der Waals surface area contributed by atoms with Crippen molar-refractivity contribution in [2.75, 3.05) is 5.32 Å². The lowest BCUT2D eigenvalue weighted by Crippen LogP contribution is -2.51. The number of hydrogen-bond acceptors (Lipinski definition) is 7. The van der Waals surface area contributed by atoms with Gasteiger partial charge in [0.2, 0.25) is 5.82 Å². The summed E-state index contributed by atoms with van der Waals surface area (Å²) in [6, 6.07) is 1.25. The van der Waals surface area contributed by atoms with E-state index in [9.17, 15) is 9.90 Å². The number of nitrogens with zero attached hydrogens (tertiary/aromatic N) is 6. The van der Waals surface area contributed by atoms with Crippen molar-refractivity contribution in [3.63, 3.8) is 0 Å². The fourth-order valence-electron chi connectivity index (χ4n) is 5.41. The number of aliphatic carboxylic acids is 1. The Labute approximate surface area is 197 Å². The van der Waals surface area contributed by atoms with Crippen molar-refractivity contribution < 1.29 is 14.3 Å². The molecule has 4 aromatic rings. The van der Waals surface area contributed by atoms with Crippen molar-refractivity contribution in [3.05, 3.63) is 41.8 Å². The second kappa shape index (κ2) is 8.01. The Morgan fingerprint density at radius 2 is 2.03 bits per heavy atom. The zero-order chi connectivity index (χ0) is 23.4. The highest BCUT2D eigenvalue weighted by atomic mass is 35.5. The van der Waals surface area contributed by atoms with E-state index in [2.05, 4.69) is 35.5 Å². The molecule has 3 aliphatic rings. The highest BCUT2D eigenvalue weighted by molar-refractivity contribution is 6.31. The van der Waals surface area contributed by atoms with Gasteiger partial charge in [0.1, 0.15) is 12.0 Å². The predicted octanol–water partition coefficient (Wildman–Crippen LogP) is 3.69. The number of imidazole rings is 1. The van der Waals surface area contributed by atoms with E-state index >= 15 is 4.39 Å². The standard InChI is InChI=1S/C22H20ClFN8O2/c23-12-7-13-17(30-31-18(13)26-8-12)20-28-19(15(24)21(29-20)32-6-5-25-9-32)27-16-11-3-1-10(2-4-11)14(16)22(33)34/h5-11,14,16H,1-4H2,(H,33,34)(H,26,30,31)(H,27,28,29)/t10?,11?,14-,16-/m0/s1. The molecule has 2 bridgehead atoms. The Bertz CT molecular complexity index is 1380. The first-order valence-corrected chi connectivity index (χ1v) is 11.4. The van der Waals surface area contributed by atoms with Crippen LogP contribution in [0.1, 0.15) is 25.7 Å². The minimum atomic E-state index is -0.865. The Kier molecular flexibility index (Phi) is 4.94. The normalized spacial score (nSPS) is 23.9. The van der Waals surface area contributed by atoms with Gasteiger partial charge >= 0.3 is 5.97 Å². The lowest BCUT2D eigenvalue weighted by atomic mass is 9.61. The number of pyridine rings is 1. The van der Waals surface area contributed by atoms with Gasteiger partial charge in [0.05, 0.1) is 16.3 Å². The van der Waals surface area contributed by atoms with Gasteiger partial charge in [-0.1, -0.05) is 11.6 Å². The third-order valence-electron chi connectivity index (χ3n) is 6.99. The summed E-state index contributed by atoms with van der Waals surface area (Å²) < 4.78 is 17.2. The van der Waals surface area contributed by atoms with Crippen molar-refractivity contribution in [1.29, 1.82) is 0 Å². The third kappa shape index (κ3) is 3.38. The summed E-state index contributed by atoms with van der Waals surface area (Å²) in [5.41, 5.74) is 0.843. The van der Waals surface area contributed by atoms with E-state index in [1.54, 1.807) is 12.3 Å². The van der Waals surface area contributed by atoms with Crippen LogP contribution in [0.3, 0.4) is 0 Å². The maximum atomic E-state index is 15.7. The summed E-state index contributed by atoms with van der Waals surface area (Å²) in [5.74, 6) is -1.89. The average molecular weight is 483 g/mol. The summed E-state index contributed by atoms with van der Waals surface area (Å²) in [7, 11) is 0. The van der Waals surface area contributed by atoms with E-state index in [0.717, 1.165) is 25.7 Å². The van der Waals surface area contributed by atoms with Gasteiger partial charge in [0.25, 0.3) is 0 Å². The monoisotopic (exact) mass is 482 g/mol. The van der Waals surface area contributed by atoms with Crippen molar-refractivity contribution in [1.82, 2.24) is 34.7 Å². The summed E-state index contributed by atoms with van der Waals surface area (Å²) in [4.78, 5) is 29.2. The smallest absolute Gasteiger partial charge is 0.308 e. The number of carboxylic acids is 1. The number of aromatic amines is 1. The third-order valence-corrected chi connectivity index (χ3v) is 7.19. The van der Waals surface area contributed by atoms with E-state index in [-0.39, 0.29) is 29.3 Å². The number of nitrogens with one attached hydrogen (secondary N) is 2. The highest BCUT2D eigenvalue weighted by Crippen LogP contribution is 2.46. The largest absolute Gasteiger partial charge is 0.481 e. The molecular weight excluding hydrogens is 463 g/mol. The zero-order valence-electron chi connectivity index (χ0n) is 17.8. The van der Waals surface area contributed by atoms with Crippen LogP contribution < -0.4 is 5.32 Å². The van der Waals surface area contributed by atoms with E-state index in [4.69, 9.17) is 11.6 Å². The van der Waals surface area contributed by atoms with Crippen molar-refractivity contribution >= 4 is 34.4 Å². The molecule has 3 aliphatic carbocycles. The number of carbonyl (C=O) groups is 1.